The van der Waals surface area contributed by atoms with Gasteiger partial charge in [0.2, 0.25) is 0 Å². The van der Waals surface area contributed by atoms with Crippen LogP contribution in [0, 0.1) is 0 Å². The van der Waals surface area contributed by atoms with Gasteiger partial charge in [-0.3, -0.25) is 9.59 Å². The molecule has 1 aromatic carbocycles. The Bertz CT molecular complexity index is 992. The van der Waals surface area contributed by atoms with Crippen LogP contribution >= 0.6 is 11.3 Å². The van der Waals surface area contributed by atoms with Gasteiger partial charge in [0.25, 0.3) is 11.5 Å². The van der Waals surface area contributed by atoms with Gasteiger partial charge in [-0.15, -0.1) is 11.3 Å². The lowest BCUT2D eigenvalue weighted by atomic mass is 10.2. The first-order valence-electron chi connectivity index (χ1n) is 8.53. The van der Waals surface area contributed by atoms with Gasteiger partial charge in [-0.25, -0.2) is 9.67 Å². The highest BCUT2D eigenvalue weighted by atomic mass is 32.1. The van der Waals surface area contributed by atoms with Gasteiger partial charge in [0.15, 0.2) is 5.13 Å². The molecule has 1 amide bonds. The van der Waals surface area contributed by atoms with Crippen molar-refractivity contribution in [2.75, 3.05) is 5.32 Å². The number of aromatic nitrogens is 3. The molecule has 7 heteroatoms. The van der Waals surface area contributed by atoms with E-state index in [1.165, 1.54) is 22.1 Å². The van der Waals surface area contributed by atoms with E-state index in [0.29, 0.717) is 11.0 Å². The van der Waals surface area contributed by atoms with E-state index in [0.717, 1.165) is 29.8 Å². The van der Waals surface area contributed by atoms with Gasteiger partial charge in [0.05, 0.1) is 11.4 Å². The van der Waals surface area contributed by atoms with E-state index >= 15 is 0 Å². The Labute approximate surface area is 154 Å². The zero-order valence-electron chi connectivity index (χ0n) is 14.3. The predicted octanol–water partition coefficient (Wildman–Crippen LogP) is 3.44. The summed E-state index contributed by atoms with van der Waals surface area (Å²) in [5.74, 6) is 0.117. The molecule has 2 aromatic heterocycles. The van der Waals surface area contributed by atoms with E-state index < -0.39 is 6.04 Å². The topological polar surface area (TPSA) is 76.9 Å². The number of nitrogens with zero attached hydrogens (tertiary/aromatic N) is 3. The second kappa shape index (κ2) is 6.84. The fourth-order valence-corrected chi connectivity index (χ4v) is 3.43. The number of hydrogen-bond acceptors (Lipinski definition) is 5. The number of carbonyl (C=O) groups is 1. The largest absolute Gasteiger partial charge is 0.300 e. The second-order valence-electron chi connectivity index (χ2n) is 6.38. The van der Waals surface area contributed by atoms with E-state index in [1.54, 1.807) is 13.0 Å². The number of rotatable bonds is 5. The molecule has 2 heterocycles. The first-order valence-corrected chi connectivity index (χ1v) is 9.41. The summed E-state index contributed by atoms with van der Waals surface area (Å²) in [6, 6.07) is 12.3. The smallest absolute Gasteiger partial charge is 0.267 e. The molecule has 26 heavy (non-hydrogen) atoms. The van der Waals surface area contributed by atoms with Crippen molar-refractivity contribution in [1.82, 2.24) is 14.8 Å². The van der Waals surface area contributed by atoms with Gasteiger partial charge in [0.1, 0.15) is 6.04 Å². The monoisotopic (exact) mass is 366 g/mol. The molecule has 3 aromatic rings. The van der Waals surface area contributed by atoms with E-state index in [1.807, 2.05) is 35.7 Å². The Hall–Kier alpha value is -2.80. The molecule has 1 atom stereocenters. The van der Waals surface area contributed by atoms with Crippen LogP contribution in [0.1, 0.15) is 37.4 Å². The van der Waals surface area contributed by atoms with E-state index in [-0.39, 0.29) is 11.5 Å². The average molecular weight is 366 g/mol. The average Bonchev–Trinajstić information content (AvgIpc) is 3.41. The number of thiazole rings is 1. The van der Waals surface area contributed by atoms with Crippen LogP contribution in [-0.2, 0) is 4.79 Å². The first-order chi connectivity index (χ1) is 12.6. The quantitative estimate of drug-likeness (QED) is 0.750. The molecule has 0 saturated heterocycles. The van der Waals surface area contributed by atoms with Crippen LogP contribution in [0.4, 0.5) is 5.13 Å². The van der Waals surface area contributed by atoms with Crippen LogP contribution in [0.5, 0.6) is 0 Å². The summed E-state index contributed by atoms with van der Waals surface area (Å²) in [6.45, 7) is 1.67. The lowest BCUT2D eigenvalue weighted by molar-refractivity contribution is -0.119. The highest BCUT2D eigenvalue weighted by Crippen LogP contribution is 2.38. The Morgan fingerprint density at radius 3 is 2.73 bits per heavy atom. The fourth-order valence-electron chi connectivity index (χ4n) is 2.71. The Balaban J connectivity index is 1.51. The number of nitrogens with one attached hydrogen (secondary N) is 1. The standard InChI is InChI=1S/C19H18N4O2S/c1-12(23-17(24)10-9-15(22-23)14-7-8-14)18(25)21-19-20-16(11-26-19)13-5-3-2-4-6-13/h2-6,9-12,14H,7-8H2,1H3,(H,20,21,25). The lowest BCUT2D eigenvalue weighted by Gasteiger charge is -2.13. The molecular formula is C19H18N4O2S. The Kier molecular flexibility index (Phi) is 4.38. The Morgan fingerprint density at radius 2 is 2.00 bits per heavy atom. The van der Waals surface area contributed by atoms with Gasteiger partial charge in [-0.2, -0.15) is 5.10 Å². The molecule has 4 rings (SSSR count). The summed E-state index contributed by atoms with van der Waals surface area (Å²) in [7, 11) is 0. The van der Waals surface area contributed by atoms with Crippen molar-refractivity contribution >= 4 is 22.4 Å². The normalized spacial score (nSPS) is 14.8. The van der Waals surface area contributed by atoms with Gasteiger partial charge in [-0.1, -0.05) is 30.3 Å². The zero-order chi connectivity index (χ0) is 18.1. The molecule has 1 fully saturated rings. The molecule has 1 saturated carbocycles. The van der Waals surface area contributed by atoms with Crippen molar-refractivity contribution in [2.45, 2.75) is 31.7 Å². The van der Waals surface area contributed by atoms with Crippen molar-refractivity contribution in [1.29, 1.82) is 0 Å². The summed E-state index contributed by atoms with van der Waals surface area (Å²) in [6.07, 6.45) is 2.18. The summed E-state index contributed by atoms with van der Waals surface area (Å²) in [4.78, 5) is 29.1. The fraction of sp³-hybridized carbons (Fsp3) is 0.263. The summed E-state index contributed by atoms with van der Waals surface area (Å²) < 4.78 is 1.26. The van der Waals surface area contributed by atoms with Gasteiger partial charge in [-0.05, 0) is 25.8 Å². The second-order valence-corrected chi connectivity index (χ2v) is 7.24. The molecule has 0 spiro atoms. The number of amides is 1. The number of hydrogen-bond donors (Lipinski definition) is 1. The SMILES string of the molecule is CC(C(=O)Nc1nc(-c2ccccc2)cs1)n1nc(C2CC2)ccc1=O. The third-order valence-corrected chi connectivity index (χ3v) is 5.15. The Morgan fingerprint density at radius 1 is 1.23 bits per heavy atom. The third-order valence-electron chi connectivity index (χ3n) is 4.39. The minimum absolute atomic E-state index is 0.277. The third kappa shape index (κ3) is 3.43. The first kappa shape index (κ1) is 16.7. The van der Waals surface area contributed by atoms with Crippen molar-refractivity contribution < 1.29 is 4.79 Å². The molecule has 0 bridgehead atoms. The maximum Gasteiger partial charge on any atom is 0.267 e. The summed E-state index contributed by atoms with van der Waals surface area (Å²) in [5.41, 5.74) is 2.41. The molecule has 1 aliphatic rings. The number of carbonyl (C=O) groups excluding carboxylic acids is 1. The molecule has 1 N–H and O–H groups in total. The van der Waals surface area contributed by atoms with Gasteiger partial charge < -0.3 is 5.32 Å². The van der Waals surface area contributed by atoms with Gasteiger partial charge in [0, 0.05) is 22.9 Å². The molecule has 1 aliphatic carbocycles. The highest BCUT2D eigenvalue weighted by molar-refractivity contribution is 7.14. The van der Waals surface area contributed by atoms with Crippen LogP contribution in [0.3, 0.4) is 0 Å². The lowest BCUT2D eigenvalue weighted by Crippen LogP contribution is -2.33. The summed E-state index contributed by atoms with van der Waals surface area (Å²) in [5, 5.41) is 9.57. The molecule has 6 nitrogen and oxygen atoms in total. The number of anilines is 1. The maximum absolute atomic E-state index is 12.6. The molecular weight excluding hydrogens is 348 g/mol. The van der Waals surface area contributed by atoms with Crippen LogP contribution in [0.2, 0.25) is 0 Å². The van der Waals surface area contributed by atoms with Crippen molar-refractivity contribution in [3.63, 3.8) is 0 Å². The predicted molar refractivity (Wildman–Crippen MR) is 101 cm³/mol. The molecule has 1 unspecified atom stereocenters. The summed E-state index contributed by atoms with van der Waals surface area (Å²) >= 11 is 1.36. The van der Waals surface area contributed by atoms with Gasteiger partial charge >= 0.3 is 0 Å². The van der Waals surface area contributed by atoms with Crippen LogP contribution in [0.15, 0.2) is 52.6 Å². The molecule has 132 valence electrons. The minimum atomic E-state index is -0.703. The maximum atomic E-state index is 12.6. The molecule has 0 radical (unpaired) electrons. The highest BCUT2D eigenvalue weighted by Gasteiger charge is 2.27. The number of benzene rings is 1. The zero-order valence-corrected chi connectivity index (χ0v) is 15.1. The van der Waals surface area contributed by atoms with Crippen LogP contribution in [-0.4, -0.2) is 20.7 Å². The van der Waals surface area contributed by atoms with E-state index in [9.17, 15) is 9.59 Å². The van der Waals surface area contributed by atoms with Crippen LogP contribution < -0.4 is 10.9 Å². The minimum Gasteiger partial charge on any atom is -0.300 e. The van der Waals surface area contributed by atoms with E-state index in [4.69, 9.17) is 0 Å². The van der Waals surface area contributed by atoms with Crippen molar-refractivity contribution in [2.24, 2.45) is 0 Å². The van der Waals surface area contributed by atoms with E-state index in [2.05, 4.69) is 15.4 Å². The van der Waals surface area contributed by atoms with Crippen molar-refractivity contribution in [3.05, 3.63) is 63.9 Å². The molecule has 0 aliphatic heterocycles. The van der Waals surface area contributed by atoms with Crippen LogP contribution in [0.25, 0.3) is 11.3 Å². The van der Waals surface area contributed by atoms with Crippen molar-refractivity contribution in [3.8, 4) is 11.3 Å².